The molecule has 1 aromatic rings. The first-order valence-corrected chi connectivity index (χ1v) is 7.56. The first kappa shape index (κ1) is 17.7. The van der Waals surface area contributed by atoms with Crippen molar-refractivity contribution in [3.05, 3.63) is 29.6 Å². The second-order valence-corrected chi connectivity index (χ2v) is 5.97. The Kier molecular flexibility index (Phi) is 5.56. The summed E-state index contributed by atoms with van der Waals surface area (Å²) in [5.74, 6) is -1.77. The molecule has 0 bridgehead atoms. The van der Waals surface area contributed by atoms with Crippen molar-refractivity contribution < 1.29 is 29.2 Å². The number of rotatable bonds is 6. The van der Waals surface area contributed by atoms with Crippen molar-refractivity contribution >= 4 is 5.97 Å². The highest BCUT2D eigenvalue weighted by atomic mass is 19.1. The molecule has 1 aromatic carbocycles. The highest BCUT2D eigenvalue weighted by Gasteiger charge is 2.44. The van der Waals surface area contributed by atoms with E-state index in [1.807, 2.05) is 4.90 Å². The molecule has 7 heteroatoms. The predicted molar refractivity (Wildman–Crippen MR) is 80.9 cm³/mol. The van der Waals surface area contributed by atoms with E-state index in [1.165, 1.54) is 12.1 Å². The van der Waals surface area contributed by atoms with E-state index >= 15 is 0 Å². The average molecular weight is 327 g/mol. The number of benzene rings is 1. The van der Waals surface area contributed by atoms with Gasteiger partial charge in [-0.05, 0) is 24.6 Å². The van der Waals surface area contributed by atoms with Crippen LogP contribution in [0.15, 0.2) is 18.2 Å². The Morgan fingerprint density at radius 1 is 1.43 bits per heavy atom. The second-order valence-electron chi connectivity index (χ2n) is 5.97. The van der Waals surface area contributed by atoms with E-state index in [0.29, 0.717) is 13.1 Å². The van der Waals surface area contributed by atoms with Crippen molar-refractivity contribution in [1.82, 2.24) is 4.90 Å². The number of hydrogen-bond acceptors (Lipinski definition) is 5. The Morgan fingerprint density at radius 2 is 2.09 bits per heavy atom. The number of aliphatic hydroxyl groups excluding tert-OH is 2. The zero-order chi connectivity index (χ0) is 17.0. The molecular formula is C16H22FNO5. The minimum Gasteiger partial charge on any atom is -0.478 e. The van der Waals surface area contributed by atoms with Gasteiger partial charge in [-0.3, -0.25) is 0 Å². The zero-order valence-electron chi connectivity index (χ0n) is 13.0. The Labute approximate surface area is 134 Å². The van der Waals surface area contributed by atoms with Gasteiger partial charge in [0.15, 0.2) is 11.6 Å². The molecule has 0 aromatic heterocycles. The zero-order valence-corrected chi connectivity index (χ0v) is 13.0. The van der Waals surface area contributed by atoms with Crippen LogP contribution in [0.25, 0.3) is 0 Å². The van der Waals surface area contributed by atoms with Gasteiger partial charge in [0, 0.05) is 32.5 Å². The number of aliphatic hydroxyl groups is 2. The van der Waals surface area contributed by atoms with Gasteiger partial charge in [-0.15, -0.1) is 0 Å². The lowest BCUT2D eigenvalue weighted by Crippen LogP contribution is -2.54. The number of piperidine rings is 1. The molecule has 1 aliphatic rings. The standard InChI is InChI=1S/C16H22FNO5/c1-11-2-3-13(17)14(8-11)23-16(15(21)22)4-6-18(7-5-16)9-12(20)10-19/h2-3,8,12,19-20H,4-7,9-10H2,1H3,(H,21,22). The van der Waals surface area contributed by atoms with Crippen LogP contribution >= 0.6 is 0 Å². The van der Waals surface area contributed by atoms with E-state index in [-0.39, 0.29) is 31.7 Å². The van der Waals surface area contributed by atoms with Gasteiger partial charge in [0.25, 0.3) is 0 Å². The van der Waals surface area contributed by atoms with Gasteiger partial charge in [-0.25, -0.2) is 9.18 Å². The Bertz CT molecular complexity index is 557. The van der Waals surface area contributed by atoms with Crippen LogP contribution in [-0.2, 0) is 4.79 Å². The van der Waals surface area contributed by atoms with Gasteiger partial charge >= 0.3 is 5.97 Å². The molecule has 0 amide bonds. The highest BCUT2D eigenvalue weighted by Crippen LogP contribution is 2.31. The fraction of sp³-hybridized carbons (Fsp3) is 0.562. The van der Waals surface area contributed by atoms with Crippen molar-refractivity contribution in [2.24, 2.45) is 0 Å². The third-order valence-electron chi connectivity index (χ3n) is 4.13. The van der Waals surface area contributed by atoms with Crippen LogP contribution in [-0.4, -0.2) is 64.1 Å². The molecule has 1 aliphatic heterocycles. The van der Waals surface area contributed by atoms with E-state index in [0.717, 1.165) is 5.56 Å². The molecule has 1 fully saturated rings. The maximum atomic E-state index is 13.9. The largest absolute Gasteiger partial charge is 0.478 e. The first-order chi connectivity index (χ1) is 10.9. The van der Waals surface area contributed by atoms with Crippen LogP contribution in [0.5, 0.6) is 5.75 Å². The van der Waals surface area contributed by atoms with Crippen LogP contribution in [0.4, 0.5) is 4.39 Å². The molecule has 0 spiro atoms. The normalized spacial score (nSPS) is 19.3. The minimum absolute atomic E-state index is 0.0590. The van der Waals surface area contributed by atoms with Crippen LogP contribution in [0.3, 0.4) is 0 Å². The summed E-state index contributed by atoms with van der Waals surface area (Å²) in [5, 5.41) is 27.9. The Morgan fingerprint density at radius 3 is 2.65 bits per heavy atom. The number of carbonyl (C=O) groups is 1. The summed E-state index contributed by atoms with van der Waals surface area (Å²) in [6, 6.07) is 4.34. The molecule has 6 nitrogen and oxygen atoms in total. The van der Waals surface area contributed by atoms with Crippen LogP contribution < -0.4 is 4.74 Å². The van der Waals surface area contributed by atoms with Crippen molar-refractivity contribution in [2.75, 3.05) is 26.2 Å². The molecule has 1 heterocycles. The van der Waals surface area contributed by atoms with Crippen molar-refractivity contribution in [2.45, 2.75) is 31.5 Å². The SMILES string of the molecule is Cc1ccc(F)c(OC2(C(=O)O)CCN(CC(O)CO)CC2)c1. The van der Waals surface area contributed by atoms with Crippen molar-refractivity contribution in [3.8, 4) is 5.75 Å². The number of hydrogen-bond donors (Lipinski definition) is 3. The van der Waals surface area contributed by atoms with Gasteiger partial charge in [0.05, 0.1) is 12.7 Å². The van der Waals surface area contributed by atoms with Crippen molar-refractivity contribution in [3.63, 3.8) is 0 Å². The number of halogens is 1. The molecule has 0 radical (unpaired) electrons. The summed E-state index contributed by atoms with van der Waals surface area (Å²) in [6.07, 6.45) is -0.510. The molecule has 0 aliphatic carbocycles. The maximum Gasteiger partial charge on any atom is 0.348 e. The third-order valence-corrected chi connectivity index (χ3v) is 4.13. The van der Waals surface area contributed by atoms with Crippen LogP contribution in [0, 0.1) is 12.7 Å². The molecule has 128 valence electrons. The number of carboxylic acids is 1. The molecule has 3 N–H and O–H groups in total. The Balaban J connectivity index is 2.10. The fourth-order valence-electron chi connectivity index (χ4n) is 2.71. The lowest BCUT2D eigenvalue weighted by Gasteiger charge is -2.39. The summed E-state index contributed by atoms with van der Waals surface area (Å²) < 4.78 is 19.4. The van der Waals surface area contributed by atoms with Gasteiger partial charge < -0.3 is 25.0 Å². The summed E-state index contributed by atoms with van der Waals surface area (Å²) in [6.45, 7) is 2.47. The minimum atomic E-state index is -1.48. The third kappa shape index (κ3) is 4.19. The van der Waals surface area contributed by atoms with E-state index in [9.17, 15) is 19.4 Å². The molecule has 1 unspecified atom stereocenters. The van der Waals surface area contributed by atoms with Crippen LogP contribution in [0.2, 0.25) is 0 Å². The molecule has 1 atom stereocenters. The lowest BCUT2D eigenvalue weighted by atomic mass is 9.90. The number of nitrogens with zero attached hydrogens (tertiary/aromatic N) is 1. The van der Waals surface area contributed by atoms with E-state index in [2.05, 4.69) is 0 Å². The molecule has 2 rings (SSSR count). The second kappa shape index (κ2) is 7.25. The summed E-state index contributed by atoms with van der Waals surface area (Å²) in [7, 11) is 0. The quantitative estimate of drug-likeness (QED) is 0.715. The number of carboxylic acid groups (broad SMARTS) is 1. The molecule has 0 saturated carbocycles. The first-order valence-electron chi connectivity index (χ1n) is 7.56. The topological polar surface area (TPSA) is 90.2 Å². The monoisotopic (exact) mass is 327 g/mol. The molecule has 1 saturated heterocycles. The molecular weight excluding hydrogens is 305 g/mol. The summed E-state index contributed by atoms with van der Waals surface area (Å²) >= 11 is 0. The predicted octanol–water partition coefficient (Wildman–Crippen LogP) is 0.785. The number of likely N-dealkylation sites (tertiary alicyclic amines) is 1. The summed E-state index contributed by atoms with van der Waals surface area (Å²) in [5.41, 5.74) is -0.694. The van der Waals surface area contributed by atoms with Gasteiger partial charge in [0.1, 0.15) is 0 Å². The average Bonchev–Trinajstić information content (AvgIpc) is 2.52. The van der Waals surface area contributed by atoms with Gasteiger partial charge in [-0.1, -0.05) is 6.07 Å². The number of aliphatic carboxylic acids is 1. The fourth-order valence-corrected chi connectivity index (χ4v) is 2.71. The number of ether oxygens (including phenoxy) is 1. The van der Waals surface area contributed by atoms with Gasteiger partial charge in [0.2, 0.25) is 5.60 Å². The van der Waals surface area contributed by atoms with Crippen molar-refractivity contribution in [1.29, 1.82) is 0 Å². The van der Waals surface area contributed by atoms with Crippen LogP contribution in [0.1, 0.15) is 18.4 Å². The highest BCUT2D eigenvalue weighted by molar-refractivity contribution is 5.78. The summed E-state index contributed by atoms with van der Waals surface area (Å²) in [4.78, 5) is 13.6. The maximum absolute atomic E-state index is 13.9. The Hall–Kier alpha value is -1.70. The van der Waals surface area contributed by atoms with E-state index in [1.54, 1.807) is 13.0 Å². The smallest absolute Gasteiger partial charge is 0.348 e. The van der Waals surface area contributed by atoms with E-state index < -0.39 is 23.5 Å². The van der Waals surface area contributed by atoms with Gasteiger partial charge in [-0.2, -0.15) is 0 Å². The number of aryl methyl sites for hydroxylation is 1. The number of β-amino-alcohol motifs (C(OH)–C–C–N with tert-alkyl or cyclic N) is 1. The van der Waals surface area contributed by atoms with E-state index in [4.69, 9.17) is 9.84 Å². The molecule has 23 heavy (non-hydrogen) atoms. The lowest BCUT2D eigenvalue weighted by molar-refractivity contribution is -0.160.